The summed E-state index contributed by atoms with van der Waals surface area (Å²) in [6, 6.07) is 51.6. The van der Waals surface area contributed by atoms with E-state index in [1.807, 2.05) is 92.7 Å². The van der Waals surface area contributed by atoms with Crippen molar-refractivity contribution in [3.05, 3.63) is 260 Å². The molecule has 0 amide bonds. The molecule has 20 nitrogen and oxygen atoms in total. The number of alkyl halides is 4. The molecule has 28 heteroatoms. The Morgan fingerprint density at radius 1 is 0.347 bits per heavy atom. The summed E-state index contributed by atoms with van der Waals surface area (Å²) in [7, 11) is 0. The number of nitrogens with zero attached hydrogens (tertiary/aromatic N) is 8. The lowest BCUT2D eigenvalue weighted by atomic mass is 9.84. The summed E-state index contributed by atoms with van der Waals surface area (Å²) in [4.78, 5) is 31.3. The Hall–Kier alpha value is -9.92. The van der Waals surface area contributed by atoms with Gasteiger partial charge in [0.25, 0.3) is 5.92 Å². The predicted octanol–water partition coefficient (Wildman–Crippen LogP) is 20.7. The quantitative estimate of drug-likeness (QED) is 0.0172. The maximum absolute atomic E-state index is 15.9. The van der Waals surface area contributed by atoms with E-state index < -0.39 is 90.4 Å². The van der Waals surface area contributed by atoms with Crippen molar-refractivity contribution in [2.24, 2.45) is 23.2 Å². The maximum atomic E-state index is 15.9. The number of benzene rings is 8. The molecule has 144 heavy (non-hydrogen) atoms. The summed E-state index contributed by atoms with van der Waals surface area (Å²) in [6.45, 7) is 35.1. The molecule has 0 aliphatic carbocycles. The minimum Gasteiger partial charge on any atom is -0.492 e. The number of aromatic nitrogens is 4. The normalized spacial score (nSPS) is 22.2. The number of aliphatic hydroxyl groups excluding tert-OH is 4. The summed E-state index contributed by atoms with van der Waals surface area (Å²) >= 11 is 0. The Morgan fingerprint density at radius 3 is 0.972 bits per heavy atom. The summed E-state index contributed by atoms with van der Waals surface area (Å²) in [5.41, 5.74) is 10.2. The van der Waals surface area contributed by atoms with E-state index in [1.54, 1.807) is 6.92 Å². The molecule has 4 aromatic heterocycles. The molecule has 8 aromatic carbocycles. The van der Waals surface area contributed by atoms with Gasteiger partial charge in [-0.05, 0) is 180 Å². The van der Waals surface area contributed by atoms with E-state index in [-0.39, 0.29) is 78.6 Å². The third-order valence-electron chi connectivity index (χ3n) is 31.4. The second-order valence-electron chi connectivity index (χ2n) is 43.5. The van der Waals surface area contributed by atoms with Crippen LogP contribution in [0.15, 0.2) is 170 Å². The highest BCUT2D eigenvalue weighted by atomic mass is 19.3. The van der Waals surface area contributed by atoms with Gasteiger partial charge in [-0.25, -0.2) is 35.1 Å². The number of H-pyrrole nitrogens is 4. The lowest BCUT2D eigenvalue weighted by Gasteiger charge is -2.44. The summed E-state index contributed by atoms with van der Waals surface area (Å²) in [5.74, 6) is -1.93. The highest BCUT2D eigenvalue weighted by molar-refractivity contribution is 5.88. The van der Waals surface area contributed by atoms with E-state index in [1.165, 1.54) is 91.8 Å². The van der Waals surface area contributed by atoms with Crippen molar-refractivity contribution in [2.75, 3.05) is 151 Å². The number of ether oxygens (including phenoxy) is 4. The number of nitrogens with one attached hydrogen (secondary N) is 4. The summed E-state index contributed by atoms with van der Waals surface area (Å²) in [6.07, 6.45) is 8.76. The number of para-hydroxylation sites is 4. The van der Waals surface area contributed by atoms with Crippen LogP contribution in [0.3, 0.4) is 0 Å². The molecule has 8 N–H and O–H groups in total. The Labute approximate surface area is 842 Å². The SMILES string of the molecule is CCC1CN(CCOc2cc(F)c([C@@H]3c4[nH]c5ccccc5c4C[C@@H](C)N3CC(F)(F)CO)c(F)c2)C1.CCC1CN(CCOc2ccc([C@@H]3c4[nH]c5ccccc5c4C[C@@H](C)N3C[C@@](C)(F)CO)cc2)C1.CCC1CN(CCOc2ccc([C@@H]3c4[nH]c5ccccc5c4C[C@@H](C)N3C[C@](C)(F)CO)cc2)C1.CCCCN1CC(Oc2cc(F)c([C@@H]3c4[nH]c5ccccc5c4C[C@@H](C)N3CC(C)(C)CO)c(F)c2)C1. The van der Waals surface area contributed by atoms with Crippen molar-refractivity contribution in [3.63, 3.8) is 0 Å². The number of halogens is 8. The van der Waals surface area contributed by atoms with Crippen LogP contribution in [0.4, 0.5) is 35.1 Å². The van der Waals surface area contributed by atoms with Crippen molar-refractivity contribution >= 4 is 43.6 Å². The zero-order valence-corrected chi connectivity index (χ0v) is 85.7. The zero-order chi connectivity index (χ0) is 102. The molecule has 12 heterocycles. The molecule has 4 fully saturated rings. The number of aromatic amines is 4. The second-order valence-corrected chi connectivity index (χ2v) is 43.5. The van der Waals surface area contributed by atoms with Crippen molar-refractivity contribution < 1.29 is 74.5 Å². The van der Waals surface area contributed by atoms with E-state index in [4.69, 9.17) is 18.9 Å². The number of likely N-dealkylation sites (tertiary alicyclic amines) is 4. The monoisotopic (exact) mass is 1990 g/mol. The van der Waals surface area contributed by atoms with Gasteiger partial charge in [-0.2, -0.15) is 0 Å². The Kier molecular flexibility index (Phi) is 33.3. The molecule has 8 aliphatic heterocycles. The zero-order valence-electron chi connectivity index (χ0n) is 85.7. The average Bonchev–Trinajstić information content (AvgIpc) is 1.46. The fraction of sp³-hybridized carbons (Fsp3) is 0.517. The minimum atomic E-state index is -3.43. The van der Waals surface area contributed by atoms with Gasteiger partial charge < -0.3 is 59.3 Å². The first kappa shape index (κ1) is 105. The molecule has 8 aliphatic rings. The van der Waals surface area contributed by atoms with Crippen LogP contribution < -0.4 is 18.9 Å². The van der Waals surface area contributed by atoms with Crippen molar-refractivity contribution in [1.29, 1.82) is 0 Å². The van der Waals surface area contributed by atoms with Gasteiger partial charge in [0.1, 0.15) is 90.1 Å². The summed E-state index contributed by atoms with van der Waals surface area (Å²) in [5, 5.41) is 43.0. The lowest BCUT2D eigenvalue weighted by Crippen LogP contribution is -2.53. The highest BCUT2D eigenvalue weighted by Gasteiger charge is 2.48. The molecule has 776 valence electrons. The van der Waals surface area contributed by atoms with Crippen LogP contribution >= 0.6 is 0 Å². The van der Waals surface area contributed by atoms with E-state index >= 15 is 26.3 Å². The number of fused-ring (bicyclic) bond motifs is 12. The fourth-order valence-electron chi connectivity index (χ4n) is 22.9. The van der Waals surface area contributed by atoms with Crippen LogP contribution in [-0.2, 0) is 25.7 Å². The Morgan fingerprint density at radius 2 is 0.653 bits per heavy atom. The van der Waals surface area contributed by atoms with Crippen molar-refractivity contribution in [3.8, 4) is 23.0 Å². The van der Waals surface area contributed by atoms with Crippen molar-refractivity contribution in [2.45, 2.75) is 213 Å². The van der Waals surface area contributed by atoms with Gasteiger partial charge in [0.2, 0.25) is 0 Å². The number of rotatable bonds is 36. The standard InChI is InChI=1S/C30H39F2N3O2.2C29H38FN3O2.C28H33F4N3O2/c1-5-6-11-34-15-21(16-34)37-20-13-24(31)27(25(32)14-20)29-28-23(22-9-7-8-10-26(22)33-28)12-19(2)35(29)17-30(3,4)18-36;2*1-4-21-16-32(17-21)13-14-35-23-11-9-22(10-12-23)28-27-25(24-7-5-6-8-26(24)31-27)15-20(2)33(28)18-29(3,30)19-34;1-3-18-13-34(14-18)8-9-37-19-11-22(29)25(23(30)12-19)27-26-21(20-6-4-5-7-24(20)33-26)10-17(2)35(27)15-28(31,32)16-36/h7-10,13-14,19,21,29,33,36H,5-6,11-12,15-18H2,1-4H3;2*5-12,20-21,28,31,34H,4,13-19H2,1-3H3;4-7,11-12,17-18,27,33,36H,3,8-10,13-16H2,1-2H3/t19-,29-;20-,28-,29+;20-,28-,29-;17-,27-/m1111/s1. The van der Waals surface area contributed by atoms with E-state index in [0.717, 1.165) is 192 Å². The van der Waals surface area contributed by atoms with E-state index in [9.17, 15) is 29.2 Å². The molecular weight excluding hydrogens is 1840 g/mol. The van der Waals surface area contributed by atoms with Crippen molar-refractivity contribution in [1.82, 2.24) is 59.1 Å². The fourth-order valence-corrected chi connectivity index (χ4v) is 22.9. The van der Waals surface area contributed by atoms with Gasteiger partial charge in [-0.3, -0.25) is 39.2 Å². The molecule has 0 spiro atoms. The van der Waals surface area contributed by atoms with Crippen LogP contribution in [0.5, 0.6) is 23.0 Å². The minimum absolute atomic E-state index is 0.0170. The molecule has 0 unspecified atom stereocenters. The predicted molar refractivity (Wildman–Crippen MR) is 555 cm³/mol. The molecule has 0 saturated carbocycles. The van der Waals surface area contributed by atoms with Crippen LogP contribution in [0.25, 0.3) is 43.6 Å². The Balaban J connectivity index is 0.000000132. The van der Waals surface area contributed by atoms with Gasteiger partial charge in [-0.15, -0.1) is 0 Å². The topological polar surface area (TPSA) is 207 Å². The van der Waals surface area contributed by atoms with Gasteiger partial charge in [0, 0.05) is 230 Å². The largest absolute Gasteiger partial charge is 0.492 e. The molecule has 0 bridgehead atoms. The first-order valence-electron chi connectivity index (χ1n) is 52.4. The summed E-state index contributed by atoms with van der Waals surface area (Å²) < 4.78 is 146. The number of hydrogen-bond donors (Lipinski definition) is 8. The molecule has 12 aromatic rings. The number of hydrogen-bond acceptors (Lipinski definition) is 16. The van der Waals surface area contributed by atoms with Gasteiger partial charge in [0.05, 0.1) is 43.9 Å². The lowest BCUT2D eigenvalue weighted by molar-refractivity contribution is -0.0869. The average molecular weight is 1990 g/mol. The van der Waals surface area contributed by atoms with Crippen LogP contribution in [-0.4, -0.2) is 278 Å². The van der Waals surface area contributed by atoms with Gasteiger partial charge in [0.15, 0.2) is 0 Å². The third kappa shape index (κ3) is 23.6. The third-order valence-corrected chi connectivity index (χ3v) is 31.4. The first-order chi connectivity index (χ1) is 69.2. The molecule has 10 atom stereocenters. The maximum Gasteiger partial charge on any atom is 0.283 e. The Bertz CT molecular complexity index is 6050. The highest BCUT2D eigenvalue weighted by Crippen LogP contribution is 2.50. The van der Waals surface area contributed by atoms with E-state index in [2.05, 4.69) is 169 Å². The number of aliphatic hydroxyl groups is 4. The van der Waals surface area contributed by atoms with Crippen LogP contribution in [0.2, 0.25) is 0 Å². The molecule has 0 radical (unpaired) electrons. The van der Waals surface area contributed by atoms with Crippen LogP contribution in [0, 0.1) is 46.4 Å². The smallest absolute Gasteiger partial charge is 0.283 e. The van der Waals surface area contributed by atoms with Gasteiger partial charge >= 0.3 is 0 Å². The number of unbranched alkanes of at least 4 members (excludes halogenated alkanes) is 1. The van der Waals surface area contributed by atoms with Crippen LogP contribution in [0.1, 0.15) is 207 Å². The van der Waals surface area contributed by atoms with E-state index in [0.29, 0.717) is 50.9 Å². The molecule has 20 rings (SSSR count). The molecule has 4 saturated heterocycles. The first-order valence-corrected chi connectivity index (χ1v) is 52.4. The molecular formula is C116H148F8N12O8. The second kappa shape index (κ2) is 45.4. The van der Waals surface area contributed by atoms with Gasteiger partial charge in [-0.1, -0.05) is 164 Å².